The predicted molar refractivity (Wildman–Crippen MR) is 76.1 cm³/mol. The molecule has 17 heavy (non-hydrogen) atoms. The largest absolute Gasteiger partial charge is 0.309 e. The van der Waals surface area contributed by atoms with E-state index in [0.717, 1.165) is 4.34 Å². The first-order chi connectivity index (χ1) is 8.11. The van der Waals surface area contributed by atoms with Crippen LogP contribution in [0.25, 0.3) is 0 Å². The summed E-state index contributed by atoms with van der Waals surface area (Å²) in [4.78, 5) is 1.25. The molecule has 0 radical (unpaired) electrons. The van der Waals surface area contributed by atoms with Crippen molar-refractivity contribution in [2.24, 2.45) is 0 Å². The van der Waals surface area contributed by atoms with E-state index in [9.17, 15) is 0 Å². The van der Waals surface area contributed by atoms with E-state index in [1.165, 1.54) is 21.6 Å². The van der Waals surface area contributed by atoms with E-state index >= 15 is 0 Å². The lowest BCUT2D eigenvalue weighted by Gasteiger charge is -2.18. The van der Waals surface area contributed by atoms with Gasteiger partial charge < -0.3 is 5.32 Å². The van der Waals surface area contributed by atoms with Gasteiger partial charge in [-0.1, -0.05) is 35.4 Å². The third-order valence-electron chi connectivity index (χ3n) is 2.90. The van der Waals surface area contributed by atoms with Crippen LogP contribution in [0.2, 0.25) is 4.34 Å². The van der Waals surface area contributed by atoms with Gasteiger partial charge in [0, 0.05) is 4.88 Å². The van der Waals surface area contributed by atoms with Gasteiger partial charge in [0.15, 0.2) is 0 Å². The normalized spacial score (nSPS) is 12.7. The Kier molecular flexibility index (Phi) is 3.87. The van der Waals surface area contributed by atoms with Crippen molar-refractivity contribution in [3.63, 3.8) is 0 Å². The van der Waals surface area contributed by atoms with E-state index in [2.05, 4.69) is 43.4 Å². The van der Waals surface area contributed by atoms with E-state index in [1.807, 2.05) is 13.1 Å². The van der Waals surface area contributed by atoms with E-state index < -0.39 is 0 Å². The van der Waals surface area contributed by atoms with Gasteiger partial charge in [-0.15, -0.1) is 11.3 Å². The molecule has 1 unspecified atom stereocenters. The van der Waals surface area contributed by atoms with Crippen molar-refractivity contribution in [3.05, 3.63) is 56.2 Å². The van der Waals surface area contributed by atoms with Gasteiger partial charge in [-0.05, 0) is 44.2 Å². The van der Waals surface area contributed by atoms with Crippen LogP contribution in [0.1, 0.15) is 27.6 Å². The van der Waals surface area contributed by atoms with Crippen molar-refractivity contribution in [2.45, 2.75) is 19.9 Å². The molecule has 0 aliphatic carbocycles. The van der Waals surface area contributed by atoms with Crippen LogP contribution in [0, 0.1) is 13.8 Å². The van der Waals surface area contributed by atoms with Crippen LogP contribution in [0.4, 0.5) is 0 Å². The van der Waals surface area contributed by atoms with Gasteiger partial charge in [0.2, 0.25) is 0 Å². The van der Waals surface area contributed by atoms with Gasteiger partial charge in [0.1, 0.15) is 0 Å². The fourth-order valence-corrected chi connectivity index (χ4v) is 3.27. The number of thiophene rings is 1. The lowest BCUT2D eigenvalue weighted by molar-refractivity contribution is 0.699. The Bertz CT molecular complexity index is 519. The average Bonchev–Trinajstić information content (AvgIpc) is 2.69. The van der Waals surface area contributed by atoms with Crippen molar-refractivity contribution in [1.82, 2.24) is 5.32 Å². The van der Waals surface area contributed by atoms with E-state index in [4.69, 9.17) is 11.6 Å². The highest BCUT2D eigenvalue weighted by Gasteiger charge is 2.15. The summed E-state index contributed by atoms with van der Waals surface area (Å²) >= 11 is 7.64. The average molecular weight is 266 g/mol. The van der Waals surface area contributed by atoms with Gasteiger partial charge in [0.25, 0.3) is 0 Å². The summed E-state index contributed by atoms with van der Waals surface area (Å²) in [5.74, 6) is 0. The Labute approximate surface area is 111 Å². The molecule has 0 fully saturated rings. The second kappa shape index (κ2) is 5.21. The monoisotopic (exact) mass is 265 g/mol. The molecule has 1 nitrogen and oxygen atoms in total. The van der Waals surface area contributed by atoms with Crippen LogP contribution in [0.15, 0.2) is 30.3 Å². The number of benzene rings is 1. The van der Waals surface area contributed by atoms with Crippen LogP contribution in [-0.2, 0) is 0 Å². The molecule has 1 aromatic carbocycles. The zero-order valence-corrected chi connectivity index (χ0v) is 11.8. The second-order valence-electron chi connectivity index (χ2n) is 4.22. The molecule has 0 bridgehead atoms. The first-order valence-electron chi connectivity index (χ1n) is 5.61. The molecule has 3 heteroatoms. The van der Waals surface area contributed by atoms with Gasteiger partial charge in [-0.25, -0.2) is 0 Å². The van der Waals surface area contributed by atoms with Crippen molar-refractivity contribution >= 4 is 22.9 Å². The van der Waals surface area contributed by atoms with Gasteiger partial charge >= 0.3 is 0 Å². The molecule has 90 valence electrons. The molecule has 0 aliphatic heterocycles. The van der Waals surface area contributed by atoms with E-state index in [0.29, 0.717) is 0 Å². The van der Waals surface area contributed by atoms with Crippen molar-refractivity contribution in [1.29, 1.82) is 0 Å². The molecule has 1 atom stereocenters. The minimum absolute atomic E-state index is 0.230. The highest BCUT2D eigenvalue weighted by atomic mass is 35.5. The zero-order chi connectivity index (χ0) is 12.4. The molecule has 0 aliphatic rings. The number of hydrogen-bond acceptors (Lipinski definition) is 2. The van der Waals surface area contributed by atoms with Crippen molar-refractivity contribution in [3.8, 4) is 0 Å². The van der Waals surface area contributed by atoms with Crippen molar-refractivity contribution < 1.29 is 0 Å². The summed E-state index contributed by atoms with van der Waals surface area (Å²) in [7, 11) is 1.98. The van der Waals surface area contributed by atoms with Gasteiger partial charge in [0.05, 0.1) is 10.4 Å². The first-order valence-corrected chi connectivity index (χ1v) is 6.81. The maximum Gasteiger partial charge on any atom is 0.0931 e. The van der Waals surface area contributed by atoms with E-state index in [1.54, 1.807) is 11.3 Å². The Morgan fingerprint density at radius 3 is 2.47 bits per heavy atom. The summed E-state index contributed by atoms with van der Waals surface area (Å²) in [5, 5.41) is 3.36. The van der Waals surface area contributed by atoms with E-state index in [-0.39, 0.29) is 6.04 Å². The fraction of sp³-hybridized carbons (Fsp3) is 0.286. The standard InChI is InChI=1S/C14H16ClNS/c1-9-4-5-11(10(2)8-9)14(16-3)12-6-7-13(15)17-12/h4-8,14,16H,1-3H3. The lowest BCUT2D eigenvalue weighted by atomic mass is 9.98. The Hall–Kier alpha value is -0.830. The molecular weight excluding hydrogens is 250 g/mol. The minimum atomic E-state index is 0.230. The molecule has 1 heterocycles. The SMILES string of the molecule is CNC(c1ccc(Cl)s1)c1ccc(C)cc1C. The Morgan fingerprint density at radius 1 is 1.18 bits per heavy atom. The van der Waals surface area contributed by atoms with Crippen LogP contribution >= 0.6 is 22.9 Å². The molecule has 0 saturated carbocycles. The molecule has 0 saturated heterocycles. The summed E-state index contributed by atoms with van der Waals surface area (Å²) in [5.41, 5.74) is 3.93. The third kappa shape index (κ3) is 2.71. The number of halogens is 1. The van der Waals surface area contributed by atoms with Gasteiger partial charge in [-0.3, -0.25) is 0 Å². The second-order valence-corrected chi connectivity index (χ2v) is 5.97. The molecule has 1 aromatic heterocycles. The Morgan fingerprint density at radius 2 is 1.94 bits per heavy atom. The Balaban J connectivity index is 2.42. The summed E-state index contributed by atoms with van der Waals surface area (Å²) in [6, 6.07) is 10.8. The maximum absolute atomic E-state index is 6.00. The smallest absolute Gasteiger partial charge is 0.0931 e. The number of nitrogens with one attached hydrogen (secondary N) is 1. The van der Waals surface area contributed by atoms with Gasteiger partial charge in [-0.2, -0.15) is 0 Å². The predicted octanol–water partition coefficient (Wildman–Crippen LogP) is 4.33. The highest BCUT2D eigenvalue weighted by molar-refractivity contribution is 7.16. The fourth-order valence-electron chi connectivity index (χ4n) is 2.08. The third-order valence-corrected chi connectivity index (χ3v) is 4.20. The molecule has 2 rings (SSSR count). The van der Waals surface area contributed by atoms with Crippen LogP contribution in [0.3, 0.4) is 0 Å². The molecule has 0 amide bonds. The van der Waals surface area contributed by atoms with Crippen LogP contribution < -0.4 is 5.32 Å². The number of hydrogen-bond donors (Lipinski definition) is 1. The first kappa shape index (κ1) is 12.6. The molecule has 2 aromatic rings. The number of aryl methyl sites for hydroxylation is 2. The topological polar surface area (TPSA) is 12.0 Å². The maximum atomic E-state index is 6.00. The summed E-state index contributed by atoms with van der Waals surface area (Å²) in [6.45, 7) is 4.27. The highest BCUT2D eigenvalue weighted by Crippen LogP contribution is 2.32. The summed E-state index contributed by atoms with van der Waals surface area (Å²) < 4.78 is 0.838. The van der Waals surface area contributed by atoms with Crippen molar-refractivity contribution in [2.75, 3.05) is 7.05 Å². The van der Waals surface area contributed by atoms with Crippen LogP contribution in [0.5, 0.6) is 0 Å². The lowest BCUT2D eigenvalue weighted by Crippen LogP contribution is -2.17. The molecular formula is C14H16ClNS. The molecule has 0 spiro atoms. The quantitative estimate of drug-likeness (QED) is 0.871. The van der Waals surface area contributed by atoms with Crippen LogP contribution in [-0.4, -0.2) is 7.05 Å². The number of rotatable bonds is 3. The molecule has 1 N–H and O–H groups in total. The minimum Gasteiger partial charge on any atom is -0.309 e. The summed E-state index contributed by atoms with van der Waals surface area (Å²) in [6.07, 6.45) is 0. The zero-order valence-electron chi connectivity index (χ0n) is 10.3.